The predicted octanol–water partition coefficient (Wildman–Crippen LogP) is 4.09. The minimum atomic E-state index is -4.65. The van der Waals surface area contributed by atoms with Crippen LogP contribution in [0, 0.1) is 0 Å². The fraction of sp³-hybridized carbons (Fsp3) is 0.190. The number of nitrogens with zero attached hydrogens (tertiary/aromatic N) is 4. The van der Waals surface area contributed by atoms with E-state index < -0.39 is 34.6 Å². The van der Waals surface area contributed by atoms with E-state index in [1.165, 1.54) is 29.0 Å². The Morgan fingerprint density at radius 2 is 1.87 bits per heavy atom. The number of alkyl halides is 3. The van der Waals surface area contributed by atoms with E-state index in [0.717, 1.165) is 22.7 Å². The lowest BCUT2D eigenvalue weighted by atomic mass is 10.1. The summed E-state index contributed by atoms with van der Waals surface area (Å²) in [6.45, 7) is 2.32. The van der Waals surface area contributed by atoms with Crippen molar-refractivity contribution < 1.29 is 13.2 Å². The van der Waals surface area contributed by atoms with Gasteiger partial charge in [-0.1, -0.05) is 23.7 Å². The third kappa shape index (κ3) is 3.76. The van der Waals surface area contributed by atoms with Gasteiger partial charge in [0.15, 0.2) is 0 Å². The molecule has 0 radical (unpaired) electrons. The lowest BCUT2D eigenvalue weighted by molar-refractivity contribution is -0.137. The van der Waals surface area contributed by atoms with Crippen molar-refractivity contribution in [2.24, 2.45) is 0 Å². The van der Waals surface area contributed by atoms with E-state index in [0.29, 0.717) is 11.2 Å². The number of halogens is 4. The third-order valence-corrected chi connectivity index (χ3v) is 5.45. The van der Waals surface area contributed by atoms with Crippen LogP contribution in [0.15, 0.2) is 64.6 Å². The Balaban J connectivity index is 1.80. The number of benzene rings is 2. The van der Waals surface area contributed by atoms with Gasteiger partial charge in [-0.2, -0.15) is 13.2 Å². The molecule has 0 fully saturated rings. The fourth-order valence-electron chi connectivity index (χ4n) is 3.40. The molecule has 0 saturated carbocycles. The Labute approximate surface area is 178 Å². The van der Waals surface area contributed by atoms with Crippen LogP contribution < -0.4 is 11.2 Å². The number of imidazole rings is 1. The standard InChI is InChI=1S/C21H16ClF3N4O2/c1-2-27-12-26-16-10-14(6-7-17(16)27)28-9-8-18(30)29(20(28)31)11-13-4-3-5-15(19(13)22)21(23,24)25/h3-10,12H,2,11H2,1H3. The maximum Gasteiger partial charge on any atom is 0.417 e. The first-order chi connectivity index (χ1) is 14.7. The highest BCUT2D eigenvalue weighted by Crippen LogP contribution is 2.36. The van der Waals surface area contributed by atoms with Crippen molar-refractivity contribution in [2.45, 2.75) is 26.2 Å². The maximum absolute atomic E-state index is 13.1. The van der Waals surface area contributed by atoms with Crippen LogP contribution in [0.4, 0.5) is 13.2 Å². The van der Waals surface area contributed by atoms with Crippen LogP contribution in [0.3, 0.4) is 0 Å². The second-order valence-electron chi connectivity index (χ2n) is 6.87. The molecule has 0 N–H and O–H groups in total. The van der Waals surface area contributed by atoms with Gasteiger partial charge in [0, 0.05) is 18.8 Å². The number of hydrogen-bond acceptors (Lipinski definition) is 3. The second-order valence-corrected chi connectivity index (χ2v) is 7.25. The number of fused-ring (bicyclic) bond motifs is 1. The molecule has 4 rings (SSSR count). The third-order valence-electron chi connectivity index (χ3n) is 5.01. The largest absolute Gasteiger partial charge is 0.417 e. The highest BCUT2D eigenvalue weighted by molar-refractivity contribution is 6.32. The molecule has 2 heterocycles. The molecule has 2 aromatic carbocycles. The topological polar surface area (TPSA) is 61.8 Å². The van der Waals surface area contributed by atoms with Gasteiger partial charge in [-0.15, -0.1) is 0 Å². The summed E-state index contributed by atoms with van der Waals surface area (Å²) in [6, 6.07) is 9.80. The minimum Gasteiger partial charge on any atom is -0.331 e. The van der Waals surface area contributed by atoms with Crippen LogP contribution in [0.5, 0.6) is 0 Å². The zero-order valence-electron chi connectivity index (χ0n) is 16.2. The molecule has 0 aliphatic carbocycles. The van der Waals surface area contributed by atoms with Crippen LogP contribution in [0.25, 0.3) is 16.7 Å². The van der Waals surface area contributed by atoms with E-state index in [9.17, 15) is 22.8 Å². The molecule has 31 heavy (non-hydrogen) atoms. The van der Waals surface area contributed by atoms with Gasteiger partial charge in [-0.25, -0.2) is 9.78 Å². The molecule has 2 aromatic heterocycles. The molecule has 0 bridgehead atoms. The summed E-state index contributed by atoms with van der Waals surface area (Å²) >= 11 is 5.93. The lowest BCUT2D eigenvalue weighted by Gasteiger charge is -2.14. The summed E-state index contributed by atoms with van der Waals surface area (Å²) in [6.07, 6.45) is -1.63. The Hall–Kier alpha value is -3.33. The highest BCUT2D eigenvalue weighted by Gasteiger charge is 2.33. The molecule has 0 aliphatic rings. The van der Waals surface area contributed by atoms with Gasteiger partial charge in [-0.3, -0.25) is 13.9 Å². The van der Waals surface area contributed by atoms with Crippen molar-refractivity contribution in [2.75, 3.05) is 0 Å². The summed E-state index contributed by atoms with van der Waals surface area (Å²) in [5, 5.41) is -0.539. The van der Waals surface area contributed by atoms with Crippen molar-refractivity contribution in [3.8, 4) is 5.69 Å². The number of rotatable bonds is 4. The second kappa shape index (κ2) is 7.73. The van der Waals surface area contributed by atoms with Crippen molar-refractivity contribution in [3.63, 3.8) is 0 Å². The fourth-order valence-corrected chi connectivity index (χ4v) is 3.70. The Bertz CT molecular complexity index is 1400. The van der Waals surface area contributed by atoms with E-state index in [1.54, 1.807) is 18.5 Å². The van der Waals surface area contributed by atoms with Gasteiger partial charge in [-0.05, 0) is 36.8 Å². The van der Waals surface area contributed by atoms with Crippen LogP contribution in [0.2, 0.25) is 5.02 Å². The number of aryl methyl sites for hydroxylation is 1. The Kier molecular flexibility index (Phi) is 5.22. The zero-order chi connectivity index (χ0) is 22.3. The predicted molar refractivity (Wildman–Crippen MR) is 111 cm³/mol. The summed E-state index contributed by atoms with van der Waals surface area (Å²) in [5.41, 5.74) is -0.309. The molecule has 0 amide bonds. The summed E-state index contributed by atoms with van der Waals surface area (Å²) < 4.78 is 43.5. The molecule has 0 unspecified atom stereocenters. The summed E-state index contributed by atoms with van der Waals surface area (Å²) in [4.78, 5) is 29.7. The van der Waals surface area contributed by atoms with Crippen LogP contribution in [-0.4, -0.2) is 18.7 Å². The Morgan fingerprint density at radius 1 is 1.10 bits per heavy atom. The average molecular weight is 449 g/mol. The normalized spacial score (nSPS) is 11.9. The molecule has 0 spiro atoms. The van der Waals surface area contributed by atoms with Crippen molar-refractivity contribution in [3.05, 3.63) is 92.0 Å². The number of hydrogen-bond donors (Lipinski definition) is 0. The molecule has 6 nitrogen and oxygen atoms in total. The van der Waals surface area contributed by atoms with Crippen LogP contribution in [-0.2, 0) is 19.3 Å². The quantitative estimate of drug-likeness (QED) is 0.472. The van der Waals surface area contributed by atoms with Gasteiger partial charge in [0.05, 0.1) is 40.2 Å². The molecule has 0 aliphatic heterocycles. The van der Waals surface area contributed by atoms with Gasteiger partial charge < -0.3 is 4.57 Å². The van der Waals surface area contributed by atoms with E-state index in [1.807, 2.05) is 17.6 Å². The van der Waals surface area contributed by atoms with Crippen LogP contribution in [0.1, 0.15) is 18.1 Å². The highest BCUT2D eigenvalue weighted by atomic mass is 35.5. The minimum absolute atomic E-state index is 0.0191. The molecule has 4 aromatic rings. The summed E-state index contributed by atoms with van der Waals surface area (Å²) in [5.74, 6) is 0. The lowest BCUT2D eigenvalue weighted by Crippen LogP contribution is -2.38. The van der Waals surface area contributed by atoms with E-state index in [4.69, 9.17) is 11.6 Å². The van der Waals surface area contributed by atoms with Gasteiger partial charge in [0.25, 0.3) is 5.56 Å². The molecule has 0 saturated heterocycles. The van der Waals surface area contributed by atoms with Gasteiger partial charge in [0.2, 0.25) is 0 Å². The first-order valence-electron chi connectivity index (χ1n) is 9.33. The van der Waals surface area contributed by atoms with E-state index >= 15 is 0 Å². The van der Waals surface area contributed by atoms with E-state index in [2.05, 4.69) is 4.98 Å². The average Bonchev–Trinajstić information content (AvgIpc) is 3.13. The molecular formula is C21H16ClF3N4O2. The first kappa shape index (κ1) is 20.9. The molecule has 0 atom stereocenters. The van der Waals surface area contributed by atoms with E-state index in [-0.39, 0.29) is 5.56 Å². The smallest absolute Gasteiger partial charge is 0.331 e. The Morgan fingerprint density at radius 3 is 2.58 bits per heavy atom. The first-order valence-corrected chi connectivity index (χ1v) is 9.71. The monoisotopic (exact) mass is 448 g/mol. The van der Waals surface area contributed by atoms with Crippen molar-refractivity contribution in [1.82, 2.24) is 18.7 Å². The molecular weight excluding hydrogens is 433 g/mol. The van der Waals surface area contributed by atoms with Crippen LogP contribution >= 0.6 is 11.6 Å². The van der Waals surface area contributed by atoms with Crippen molar-refractivity contribution in [1.29, 1.82) is 0 Å². The maximum atomic E-state index is 13.1. The van der Waals surface area contributed by atoms with Gasteiger partial charge in [0.1, 0.15) is 0 Å². The number of aromatic nitrogens is 4. The van der Waals surface area contributed by atoms with Gasteiger partial charge >= 0.3 is 11.9 Å². The summed E-state index contributed by atoms with van der Waals surface area (Å²) in [7, 11) is 0. The van der Waals surface area contributed by atoms with Crippen molar-refractivity contribution >= 4 is 22.6 Å². The molecule has 160 valence electrons. The zero-order valence-corrected chi connectivity index (χ0v) is 17.0. The molecule has 10 heteroatoms. The SMILES string of the molecule is CCn1cnc2cc(-n3ccc(=O)n(Cc4cccc(C(F)(F)F)c4Cl)c3=O)ccc21.